The van der Waals surface area contributed by atoms with Gasteiger partial charge in [0.05, 0.1) is 6.10 Å². The van der Waals surface area contributed by atoms with Crippen LogP contribution in [0.15, 0.2) is 24.3 Å². The molecule has 0 saturated heterocycles. The fourth-order valence-corrected chi connectivity index (χ4v) is 2.91. The number of methoxy groups -OCH3 is 1. The second kappa shape index (κ2) is 7.06. The van der Waals surface area contributed by atoms with Crippen molar-refractivity contribution in [2.45, 2.75) is 57.6 Å². The van der Waals surface area contributed by atoms with Crippen LogP contribution >= 0.6 is 0 Å². The maximum atomic E-state index is 5.45. The van der Waals surface area contributed by atoms with Crippen LogP contribution in [0.5, 0.6) is 0 Å². The summed E-state index contributed by atoms with van der Waals surface area (Å²) in [6, 6.07) is 9.38. The maximum Gasteiger partial charge on any atom is 0.0561 e. The Labute approximate surface area is 117 Å². The van der Waals surface area contributed by atoms with Crippen molar-refractivity contribution in [2.24, 2.45) is 0 Å². The average molecular weight is 261 g/mol. The normalized spacial score (nSPS) is 18.9. The van der Waals surface area contributed by atoms with Crippen LogP contribution in [0.3, 0.4) is 0 Å². The number of rotatable bonds is 7. The van der Waals surface area contributed by atoms with Gasteiger partial charge in [-0.1, -0.05) is 37.6 Å². The van der Waals surface area contributed by atoms with Gasteiger partial charge in [0, 0.05) is 13.2 Å². The van der Waals surface area contributed by atoms with Crippen LogP contribution in [0.4, 0.5) is 0 Å². The van der Waals surface area contributed by atoms with Gasteiger partial charge in [-0.15, -0.1) is 0 Å². The van der Waals surface area contributed by atoms with Crippen molar-refractivity contribution in [2.75, 3.05) is 13.7 Å². The monoisotopic (exact) mass is 261 g/mol. The lowest BCUT2D eigenvalue weighted by molar-refractivity contribution is 0.100. The van der Waals surface area contributed by atoms with E-state index in [0.29, 0.717) is 12.1 Å². The van der Waals surface area contributed by atoms with Crippen LogP contribution < -0.4 is 5.32 Å². The number of hydrogen-bond donors (Lipinski definition) is 1. The summed E-state index contributed by atoms with van der Waals surface area (Å²) in [6.45, 7) is 5.33. The number of nitrogens with one attached hydrogen (secondary N) is 1. The third kappa shape index (κ3) is 3.58. The van der Waals surface area contributed by atoms with E-state index in [1.807, 2.05) is 0 Å². The molecular formula is C17H27NO. The van der Waals surface area contributed by atoms with Crippen LogP contribution in [0.2, 0.25) is 0 Å². The Morgan fingerprint density at radius 2 is 2.05 bits per heavy atom. The molecule has 1 aromatic carbocycles. The highest BCUT2D eigenvalue weighted by Gasteiger charge is 2.25. The van der Waals surface area contributed by atoms with E-state index in [1.165, 1.54) is 24.8 Å². The second-order valence-corrected chi connectivity index (χ2v) is 5.65. The van der Waals surface area contributed by atoms with Gasteiger partial charge >= 0.3 is 0 Å². The van der Waals surface area contributed by atoms with Gasteiger partial charge in [0.1, 0.15) is 0 Å². The average Bonchev–Trinajstić information content (AvgIpc) is 2.37. The largest absolute Gasteiger partial charge is 0.382 e. The fourth-order valence-electron chi connectivity index (χ4n) is 2.91. The summed E-state index contributed by atoms with van der Waals surface area (Å²) in [5.41, 5.74) is 3.04. The number of benzene rings is 1. The zero-order valence-electron chi connectivity index (χ0n) is 12.5. The van der Waals surface area contributed by atoms with Gasteiger partial charge in [-0.2, -0.15) is 0 Å². The van der Waals surface area contributed by atoms with Crippen molar-refractivity contribution in [3.8, 4) is 0 Å². The van der Waals surface area contributed by atoms with Crippen LogP contribution in [0.1, 0.15) is 62.6 Å². The van der Waals surface area contributed by atoms with Gasteiger partial charge in [0.15, 0.2) is 0 Å². The Bertz CT molecular complexity index is 387. The molecule has 0 aromatic heterocycles. The standard InChI is InChI=1S/C17H27NO/c1-4-18-17(12-13(2)19-3)16-11-6-5-10-15(16)14-8-7-9-14/h5-6,10-11,13-14,17-18H,4,7-9,12H2,1-3H3. The second-order valence-electron chi connectivity index (χ2n) is 5.65. The molecular weight excluding hydrogens is 234 g/mol. The van der Waals surface area contributed by atoms with E-state index < -0.39 is 0 Å². The molecule has 1 N–H and O–H groups in total. The van der Waals surface area contributed by atoms with Crippen LogP contribution in [0, 0.1) is 0 Å². The predicted octanol–water partition coefficient (Wildman–Crippen LogP) is 4.03. The molecule has 2 unspecified atom stereocenters. The van der Waals surface area contributed by atoms with Crippen molar-refractivity contribution in [3.63, 3.8) is 0 Å². The fraction of sp³-hybridized carbons (Fsp3) is 0.647. The van der Waals surface area contributed by atoms with Crippen LogP contribution in [-0.2, 0) is 4.74 Å². The molecule has 0 bridgehead atoms. The Kier molecular flexibility index (Phi) is 5.41. The molecule has 0 aliphatic heterocycles. The molecule has 2 atom stereocenters. The summed E-state index contributed by atoms with van der Waals surface area (Å²) < 4.78 is 5.45. The third-order valence-electron chi connectivity index (χ3n) is 4.34. The van der Waals surface area contributed by atoms with Crippen molar-refractivity contribution >= 4 is 0 Å². The topological polar surface area (TPSA) is 21.3 Å². The van der Waals surface area contributed by atoms with E-state index >= 15 is 0 Å². The first-order valence-electron chi connectivity index (χ1n) is 7.61. The maximum absolute atomic E-state index is 5.45. The zero-order valence-corrected chi connectivity index (χ0v) is 12.5. The predicted molar refractivity (Wildman–Crippen MR) is 80.5 cm³/mol. The highest BCUT2D eigenvalue weighted by Crippen LogP contribution is 2.40. The highest BCUT2D eigenvalue weighted by molar-refractivity contribution is 5.34. The smallest absolute Gasteiger partial charge is 0.0561 e. The first-order chi connectivity index (χ1) is 9.26. The Morgan fingerprint density at radius 1 is 1.32 bits per heavy atom. The first kappa shape index (κ1) is 14.5. The molecule has 1 saturated carbocycles. The lowest BCUT2D eigenvalue weighted by Crippen LogP contribution is -2.27. The Balaban J connectivity index is 2.19. The minimum absolute atomic E-state index is 0.290. The lowest BCUT2D eigenvalue weighted by atomic mass is 9.76. The molecule has 2 rings (SSSR count). The number of ether oxygens (including phenoxy) is 1. The highest BCUT2D eigenvalue weighted by atomic mass is 16.5. The number of hydrogen-bond acceptors (Lipinski definition) is 2. The van der Waals surface area contributed by atoms with Gasteiger partial charge in [-0.25, -0.2) is 0 Å². The molecule has 1 fully saturated rings. The third-order valence-corrected chi connectivity index (χ3v) is 4.34. The molecule has 0 spiro atoms. The van der Waals surface area contributed by atoms with E-state index in [-0.39, 0.29) is 0 Å². The molecule has 2 heteroatoms. The molecule has 0 heterocycles. The van der Waals surface area contributed by atoms with Gasteiger partial charge in [-0.05, 0) is 49.8 Å². The summed E-state index contributed by atoms with van der Waals surface area (Å²) >= 11 is 0. The molecule has 19 heavy (non-hydrogen) atoms. The first-order valence-corrected chi connectivity index (χ1v) is 7.61. The van der Waals surface area contributed by atoms with Gasteiger partial charge < -0.3 is 10.1 Å². The van der Waals surface area contributed by atoms with E-state index in [4.69, 9.17) is 4.74 Å². The van der Waals surface area contributed by atoms with E-state index in [2.05, 4.69) is 43.4 Å². The van der Waals surface area contributed by atoms with Crippen molar-refractivity contribution in [1.82, 2.24) is 5.32 Å². The lowest BCUT2D eigenvalue weighted by Gasteiger charge is -2.31. The Morgan fingerprint density at radius 3 is 2.63 bits per heavy atom. The van der Waals surface area contributed by atoms with Gasteiger partial charge in [-0.3, -0.25) is 0 Å². The molecule has 1 aromatic rings. The van der Waals surface area contributed by atoms with E-state index in [0.717, 1.165) is 18.9 Å². The molecule has 0 amide bonds. The van der Waals surface area contributed by atoms with E-state index in [1.54, 1.807) is 12.7 Å². The molecule has 106 valence electrons. The van der Waals surface area contributed by atoms with Crippen molar-refractivity contribution in [3.05, 3.63) is 35.4 Å². The minimum atomic E-state index is 0.290. The van der Waals surface area contributed by atoms with E-state index in [9.17, 15) is 0 Å². The van der Waals surface area contributed by atoms with Crippen LogP contribution in [0.25, 0.3) is 0 Å². The molecule has 1 aliphatic rings. The SMILES string of the molecule is CCNC(CC(C)OC)c1ccccc1C1CCC1. The van der Waals surface area contributed by atoms with Crippen LogP contribution in [-0.4, -0.2) is 19.8 Å². The van der Waals surface area contributed by atoms with Gasteiger partial charge in [0.2, 0.25) is 0 Å². The van der Waals surface area contributed by atoms with Crippen molar-refractivity contribution in [1.29, 1.82) is 0 Å². The molecule has 1 aliphatic carbocycles. The summed E-state index contributed by atoms with van der Waals surface area (Å²) in [7, 11) is 1.80. The zero-order chi connectivity index (χ0) is 13.7. The quantitative estimate of drug-likeness (QED) is 0.800. The molecule has 2 nitrogen and oxygen atoms in total. The summed E-state index contributed by atoms with van der Waals surface area (Å²) in [5.74, 6) is 0.787. The van der Waals surface area contributed by atoms with Gasteiger partial charge in [0.25, 0.3) is 0 Å². The summed E-state index contributed by atoms with van der Waals surface area (Å²) in [5, 5.41) is 3.63. The summed E-state index contributed by atoms with van der Waals surface area (Å²) in [6.07, 6.45) is 5.43. The summed E-state index contributed by atoms with van der Waals surface area (Å²) in [4.78, 5) is 0. The molecule has 0 radical (unpaired) electrons. The minimum Gasteiger partial charge on any atom is -0.382 e. The Hall–Kier alpha value is -0.860. The van der Waals surface area contributed by atoms with Crippen molar-refractivity contribution < 1.29 is 4.74 Å².